The van der Waals surface area contributed by atoms with Crippen molar-refractivity contribution < 1.29 is 19.1 Å². The maximum Gasteiger partial charge on any atom is 0.372 e. The zero-order valence-corrected chi connectivity index (χ0v) is 12.0. The van der Waals surface area contributed by atoms with Crippen molar-refractivity contribution >= 4 is 23.0 Å². The number of aryl methyl sites for hydroxylation is 1. The van der Waals surface area contributed by atoms with Crippen molar-refractivity contribution in [1.82, 2.24) is 0 Å². The van der Waals surface area contributed by atoms with Crippen LogP contribution >= 0.6 is 11.8 Å². The summed E-state index contributed by atoms with van der Waals surface area (Å²) in [5, 5.41) is -0.315. The van der Waals surface area contributed by atoms with Crippen LogP contribution in [0.15, 0.2) is 29.2 Å². The summed E-state index contributed by atoms with van der Waals surface area (Å²) in [7, 11) is 0. The molecule has 1 aromatic carbocycles. The van der Waals surface area contributed by atoms with Gasteiger partial charge in [-0.15, -0.1) is 0 Å². The molecule has 104 valence electrons. The summed E-state index contributed by atoms with van der Waals surface area (Å²) < 4.78 is 9.74. The van der Waals surface area contributed by atoms with Crippen LogP contribution in [0.2, 0.25) is 0 Å². The third kappa shape index (κ3) is 6.29. The fourth-order valence-corrected chi connectivity index (χ4v) is 2.21. The molecular weight excluding hydrogens is 264 g/mol. The molecule has 0 aliphatic carbocycles. The van der Waals surface area contributed by atoms with E-state index in [1.165, 1.54) is 0 Å². The number of benzene rings is 1. The molecule has 0 spiro atoms. The number of ether oxygens (including phenoxy) is 2. The van der Waals surface area contributed by atoms with Crippen LogP contribution in [0.3, 0.4) is 0 Å². The van der Waals surface area contributed by atoms with Crippen molar-refractivity contribution in [3.05, 3.63) is 29.8 Å². The summed E-state index contributed by atoms with van der Waals surface area (Å²) in [4.78, 5) is 23.4. The number of hydrogen-bond acceptors (Lipinski definition) is 5. The van der Waals surface area contributed by atoms with Crippen molar-refractivity contribution in [1.29, 1.82) is 0 Å². The first-order valence-corrected chi connectivity index (χ1v) is 7.06. The lowest BCUT2D eigenvalue weighted by molar-refractivity contribution is -0.143. The van der Waals surface area contributed by atoms with Gasteiger partial charge in [-0.1, -0.05) is 12.1 Å². The highest BCUT2D eigenvalue weighted by atomic mass is 32.2. The second kappa shape index (κ2) is 8.58. The van der Waals surface area contributed by atoms with Gasteiger partial charge < -0.3 is 9.47 Å². The number of rotatable bonds is 6. The minimum absolute atomic E-state index is 0.203. The molecule has 4 nitrogen and oxygen atoms in total. The van der Waals surface area contributed by atoms with Crippen molar-refractivity contribution in [2.45, 2.75) is 31.6 Å². The van der Waals surface area contributed by atoms with E-state index in [-0.39, 0.29) is 11.3 Å². The summed E-state index contributed by atoms with van der Waals surface area (Å²) in [5.41, 5.74) is 1.00. The van der Waals surface area contributed by atoms with Gasteiger partial charge in [0.05, 0.1) is 13.2 Å². The summed E-state index contributed by atoms with van der Waals surface area (Å²) in [6.07, 6.45) is 0.956. The summed E-state index contributed by atoms with van der Waals surface area (Å²) in [6, 6.07) is 7.52. The van der Waals surface area contributed by atoms with Gasteiger partial charge in [-0.25, -0.2) is 4.79 Å². The molecule has 19 heavy (non-hydrogen) atoms. The smallest absolute Gasteiger partial charge is 0.372 e. The Morgan fingerprint density at radius 1 is 1.16 bits per heavy atom. The topological polar surface area (TPSA) is 52.6 Å². The van der Waals surface area contributed by atoms with E-state index in [0.717, 1.165) is 22.2 Å². The summed E-state index contributed by atoms with van der Waals surface area (Å²) in [5.74, 6) is -0.203. The second-order valence-corrected chi connectivity index (χ2v) is 4.75. The maximum atomic E-state index is 11.3. The number of carbonyl (C=O) groups excluding carboxylic acids is 2. The summed E-state index contributed by atoms with van der Waals surface area (Å²) >= 11 is 1.05. The fraction of sp³-hybridized carbons (Fsp3) is 0.429. The van der Waals surface area contributed by atoms with Crippen LogP contribution in [-0.2, 0) is 20.7 Å². The SMILES string of the molecule is CCOC(=O)CCc1cccc(SC(=O)OCC)c1. The minimum atomic E-state index is -0.315. The molecule has 0 unspecified atom stereocenters. The highest BCUT2D eigenvalue weighted by Gasteiger charge is 2.07. The van der Waals surface area contributed by atoms with Gasteiger partial charge in [0.25, 0.3) is 0 Å². The van der Waals surface area contributed by atoms with Crippen LogP contribution < -0.4 is 0 Å². The van der Waals surface area contributed by atoms with Crippen molar-refractivity contribution in [3.8, 4) is 0 Å². The fourth-order valence-electron chi connectivity index (χ4n) is 1.49. The molecule has 0 aliphatic heterocycles. The van der Waals surface area contributed by atoms with Gasteiger partial charge in [-0.05, 0) is 49.7 Å². The lowest BCUT2D eigenvalue weighted by atomic mass is 10.1. The quantitative estimate of drug-likeness (QED) is 0.591. The first kappa shape index (κ1) is 15.6. The Balaban J connectivity index is 2.52. The molecule has 0 aliphatic rings. The van der Waals surface area contributed by atoms with Crippen molar-refractivity contribution in [2.24, 2.45) is 0 Å². The summed E-state index contributed by atoms with van der Waals surface area (Å²) in [6.45, 7) is 4.33. The molecule has 0 heterocycles. The molecule has 0 atom stereocenters. The molecule has 0 aromatic heterocycles. The molecule has 0 saturated heterocycles. The highest BCUT2D eigenvalue weighted by molar-refractivity contribution is 8.13. The highest BCUT2D eigenvalue weighted by Crippen LogP contribution is 2.21. The number of carbonyl (C=O) groups is 2. The Bertz CT molecular complexity index is 431. The average molecular weight is 282 g/mol. The Morgan fingerprint density at radius 3 is 2.58 bits per heavy atom. The molecule has 5 heteroatoms. The number of esters is 1. The minimum Gasteiger partial charge on any atom is -0.466 e. The van der Waals surface area contributed by atoms with E-state index >= 15 is 0 Å². The van der Waals surface area contributed by atoms with Gasteiger partial charge in [0.1, 0.15) is 0 Å². The van der Waals surface area contributed by atoms with Gasteiger partial charge in [0.2, 0.25) is 0 Å². The molecule has 1 aromatic rings. The van der Waals surface area contributed by atoms with Crippen LogP contribution in [0.25, 0.3) is 0 Å². The van der Waals surface area contributed by atoms with Crippen LogP contribution in [0.4, 0.5) is 4.79 Å². The predicted molar refractivity (Wildman–Crippen MR) is 74.3 cm³/mol. The lowest BCUT2D eigenvalue weighted by Gasteiger charge is -2.05. The van der Waals surface area contributed by atoms with Crippen molar-refractivity contribution in [2.75, 3.05) is 13.2 Å². The van der Waals surface area contributed by atoms with E-state index in [9.17, 15) is 9.59 Å². The van der Waals surface area contributed by atoms with Crippen molar-refractivity contribution in [3.63, 3.8) is 0 Å². The molecule has 0 radical (unpaired) electrons. The zero-order chi connectivity index (χ0) is 14.1. The van der Waals surface area contributed by atoms with E-state index in [2.05, 4.69) is 0 Å². The normalized spacial score (nSPS) is 10.0. The molecular formula is C14H18O4S. The largest absolute Gasteiger partial charge is 0.466 e. The number of thioether (sulfide) groups is 1. The molecule has 0 N–H and O–H groups in total. The average Bonchev–Trinajstić information content (AvgIpc) is 2.37. The number of hydrogen-bond donors (Lipinski definition) is 0. The van der Waals surface area contributed by atoms with Crippen LogP contribution in [0, 0.1) is 0 Å². The molecule has 0 saturated carbocycles. The molecule has 0 amide bonds. The lowest BCUT2D eigenvalue weighted by Crippen LogP contribution is -2.05. The standard InChI is InChI=1S/C14H18O4S/c1-3-17-13(15)9-8-11-6-5-7-12(10-11)19-14(16)18-4-2/h5-7,10H,3-4,8-9H2,1-2H3. The van der Waals surface area contributed by atoms with Gasteiger partial charge in [-0.3, -0.25) is 4.79 Å². The van der Waals surface area contributed by atoms with Gasteiger partial charge in [0.15, 0.2) is 0 Å². The van der Waals surface area contributed by atoms with E-state index < -0.39 is 0 Å². The van der Waals surface area contributed by atoms with Crippen LogP contribution in [0.1, 0.15) is 25.8 Å². The monoisotopic (exact) mass is 282 g/mol. The Labute approximate surface area is 117 Å². The van der Waals surface area contributed by atoms with Crippen LogP contribution in [-0.4, -0.2) is 24.5 Å². The first-order chi connectivity index (χ1) is 9.15. The Kier molecular flexibility index (Phi) is 7.03. The van der Waals surface area contributed by atoms with Gasteiger partial charge in [0, 0.05) is 11.3 Å². The van der Waals surface area contributed by atoms with E-state index in [1.807, 2.05) is 24.3 Å². The van der Waals surface area contributed by atoms with E-state index in [1.54, 1.807) is 13.8 Å². The predicted octanol–water partition coefficient (Wildman–Crippen LogP) is 3.43. The first-order valence-electron chi connectivity index (χ1n) is 6.24. The molecule has 0 fully saturated rings. The molecule has 0 bridgehead atoms. The van der Waals surface area contributed by atoms with Gasteiger partial charge in [-0.2, -0.15) is 0 Å². The maximum absolute atomic E-state index is 11.3. The Hall–Kier alpha value is -1.49. The van der Waals surface area contributed by atoms with Gasteiger partial charge >= 0.3 is 11.3 Å². The third-order valence-electron chi connectivity index (χ3n) is 2.28. The Morgan fingerprint density at radius 2 is 1.89 bits per heavy atom. The van der Waals surface area contributed by atoms with Crippen LogP contribution in [0.5, 0.6) is 0 Å². The van der Waals surface area contributed by atoms with E-state index in [0.29, 0.717) is 26.1 Å². The second-order valence-electron chi connectivity index (χ2n) is 3.74. The third-order valence-corrected chi connectivity index (χ3v) is 3.06. The van der Waals surface area contributed by atoms with E-state index in [4.69, 9.17) is 9.47 Å². The molecule has 1 rings (SSSR count). The zero-order valence-electron chi connectivity index (χ0n) is 11.2.